The van der Waals surface area contributed by atoms with Crippen LogP contribution in [0.1, 0.15) is 26.6 Å². The van der Waals surface area contributed by atoms with Crippen molar-refractivity contribution in [3.05, 3.63) is 42.4 Å². The summed E-state index contributed by atoms with van der Waals surface area (Å²) in [7, 11) is 0. The Labute approximate surface area is 132 Å². The van der Waals surface area contributed by atoms with Crippen LogP contribution in [0.15, 0.2) is 36.5 Å². The van der Waals surface area contributed by atoms with E-state index in [1.54, 1.807) is 0 Å². The summed E-state index contributed by atoms with van der Waals surface area (Å²) >= 11 is 0. The maximum atomic E-state index is 5.92. The minimum atomic E-state index is 0.200. The quantitative estimate of drug-likeness (QED) is 0.943. The largest absolute Gasteiger partial charge is 0.367 e. The highest BCUT2D eigenvalue weighted by Gasteiger charge is 2.23. The highest BCUT2D eigenvalue weighted by Crippen LogP contribution is 2.24. The second-order valence-electron chi connectivity index (χ2n) is 7.16. The second-order valence-corrected chi connectivity index (χ2v) is 7.16. The smallest absolute Gasteiger partial charge is 0.135 e. The third-order valence-corrected chi connectivity index (χ3v) is 3.87. The number of rotatable bonds is 4. The van der Waals surface area contributed by atoms with Crippen LogP contribution in [0, 0.1) is 5.41 Å². The summed E-state index contributed by atoms with van der Waals surface area (Å²) in [5.41, 5.74) is 2.69. The molecule has 0 saturated carbocycles. The van der Waals surface area contributed by atoms with E-state index in [2.05, 4.69) is 59.9 Å². The number of benzene rings is 1. The van der Waals surface area contributed by atoms with Crippen molar-refractivity contribution in [1.82, 2.24) is 14.9 Å². The number of ether oxygens (including phenoxy) is 1. The van der Waals surface area contributed by atoms with Gasteiger partial charge in [0.25, 0.3) is 0 Å². The zero-order chi connectivity index (χ0) is 15.6. The van der Waals surface area contributed by atoms with Gasteiger partial charge in [0.2, 0.25) is 0 Å². The average Bonchev–Trinajstić information content (AvgIpc) is 2.90. The van der Waals surface area contributed by atoms with Crippen molar-refractivity contribution in [1.29, 1.82) is 0 Å². The second kappa shape index (κ2) is 6.23. The fourth-order valence-corrected chi connectivity index (χ4v) is 2.75. The summed E-state index contributed by atoms with van der Waals surface area (Å²) in [5.74, 6) is 1.02. The highest BCUT2D eigenvalue weighted by atomic mass is 16.5. The Kier molecular flexibility index (Phi) is 4.32. The first-order valence-corrected chi connectivity index (χ1v) is 7.95. The van der Waals surface area contributed by atoms with Gasteiger partial charge in [0.1, 0.15) is 12.4 Å². The first-order chi connectivity index (χ1) is 10.5. The van der Waals surface area contributed by atoms with Crippen LogP contribution < -0.4 is 5.32 Å². The third-order valence-electron chi connectivity index (χ3n) is 3.87. The standard InChI is InChI=1S/C18H25N3O/c1-18(2,3)13-19-9-15-11-21-16(10-20-17(21)12-22-15)14-7-5-4-6-8-14/h4-8,10,15,19H,9,11-13H2,1-3H3/t15-/m0/s1. The van der Waals surface area contributed by atoms with Crippen LogP contribution in [0.5, 0.6) is 0 Å². The molecule has 4 heteroatoms. The summed E-state index contributed by atoms with van der Waals surface area (Å²) in [6.45, 7) is 10.0. The van der Waals surface area contributed by atoms with E-state index in [9.17, 15) is 0 Å². The van der Waals surface area contributed by atoms with Crippen LogP contribution in [0.3, 0.4) is 0 Å². The molecule has 1 aliphatic rings. The minimum absolute atomic E-state index is 0.200. The minimum Gasteiger partial charge on any atom is -0.367 e. The first-order valence-electron chi connectivity index (χ1n) is 7.95. The Morgan fingerprint density at radius 2 is 2.05 bits per heavy atom. The van der Waals surface area contributed by atoms with E-state index in [0.29, 0.717) is 12.0 Å². The summed E-state index contributed by atoms with van der Waals surface area (Å²) in [6.07, 6.45) is 2.16. The molecule has 4 nitrogen and oxygen atoms in total. The van der Waals surface area contributed by atoms with Crippen molar-refractivity contribution in [3.8, 4) is 11.3 Å². The van der Waals surface area contributed by atoms with Gasteiger partial charge >= 0.3 is 0 Å². The number of hydrogen-bond donors (Lipinski definition) is 1. The molecule has 1 aromatic carbocycles. The van der Waals surface area contributed by atoms with Gasteiger partial charge in [0, 0.05) is 13.1 Å². The Hall–Kier alpha value is -1.65. The molecule has 2 aromatic rings. The lowest BCUT2D eigenvalue weighted by Crippen LogP contribution is -2.39. The van der Waals surface area contributed by atoms with Crippen molar-refractivity contribution in [2.75, 3.05) is 13.1 Å². The third kappa shape index (κ3) is 3.57. The molecule has 118 valence electrons. The van der Waals surface area contributed by atoms with Crippen LogP contribution in [0.25, 0.3) is 11.3 Å². The molecule has 1 N–H and O–H groups in total. The number of hydrogen-bond acceptors (Lipinski definition) is 3. The van der Waals surface area contributed by atoms with Gasteiger partial charge in [0.05, 0.1) is 24.5 Å². The van der Waals surface area contributed by atoms with E-state index in [0.717, 1.165) is 25.5 Å². The Bertz CT molecular complexity index is 613. The Morgan fingerprint density at radius 3 is 2.77 bits per heavy atom. The predicted octanol–water partition coefficient (Wildman–Crippen LogP) is 3.08. The predicted molar refractivity (Wildman–Crippen MR) is 88.6 cm³/mol. The summed E-state index contributed by atoms with van der Waals surface area (Å²) in [5, 5.41) is 3.52. The number of nitrogens with one attached hydrogen (secondary N) is 1. The van der Waals surface area contributed by atoms with Gasteiger partial charge in [-0.2, -0.15) is 0 Å². The SMILES string of the molecule is CC(C)(C)CNC[C@H]1Cn2c(-c3ccccc3)cnc2CO1. The molecule has 1 aromatic heterocycles. The molecule has 0 bridgehead atoms. The van der Waals surface area contributed by atoms with Crippen molar-refractivity contribution in [2.45, 2.75) is 40.0 Å². The monoisotopic (exact) mass is 299 g/mol. The van der Waals surface area contributed by atoms with Crippen LogP contribution >= 0.6 is 0 Å². The molecule has 3 rings (SSSR count). The zero-order valence-electron chi connectivity index (χ0n) is 13.7. The van der Waals surface area contributed by atoms with Gasteiger partial charge in [-0.05, 0) is 11.0 Å². The molecule has 0 spiro atoms. The Balaban J connectivity index is 1.69. The van der Waals surface area contributed by atoms with E-state index in [1.807, 2.05) is 12.3 Å². The molecule has 1 atom stereocenters. The van der Waals surface area contributed by atoms with Crippen LogP contribution in [-0.2, 0) is 17.9 Å². The number of nitrogens with zero attached hydrogens (tertiary/aromatic N) is 2. The molecule has 0 saturated heterocycles. The van der Waals surface area contributed by atoms with Gasteiger partial charge in [-0.1, -0.05) is 51.1 Å². The lowest BCUT2D eigenvalue weighted by atomic mass is 9.97. The topological polar surface area (TPSA) is 39.1 Å². The zero-order valence-corrected chi connectivity index (χ0v) is 13.7. The van der Waals surface area contributed by atoms with Gasteiger partial charge in [-0.3, -0.25) is 0 Å². The Morgan fingerprint density at radius 1 is 1.27 bits per heavy atom. The molecule has 1 aliphatic heterocycles. The van der Waals surface area contributed by atoms with Crippen LogP contribution in [0.4, 0.5) is 0 Å². The van der Waals surface area contributed by atoms with Crippen LogP contribution in [-0.4, -0.2) is 28.7 Å². The van der Waals surface area contributed by atoms with Gasteiger partial charge in [-0.15, -0.1) is 0 Å². The van der Waals surface area contributed by atoms with Gasteiger partial charge < -0.3 is 14.6 Å². The molecule has 22 heavy (non-hydrogen) atoms. The van der Waals surface area contributed by atoms with E-state index in [4.69, 9.17) is 4.74 Å². The van der Waals surface area contributed by atoms with E-state index < -0.39 is 0 Å². The van der Waals surface area contributed by atoms with Crippen molar-refractivity contribution in [3.63, 3.8) is 0 Å². The molecule has 0 radical (unpaired) electrons. The lowest BCUT2D eigenvalue weighted by molar-refractivity contribution is 0.00255. The van der Waals surface area contributed by atoms with E-state index in [1.165, 1.54) is 11.3 Å². The number of fused-ring (bicyclic) bond motifs is 1. The van der Waals surface area contributed by atoms with Crippen molar-refractivity contribution >= 4 is 0 Å². The summed E-state index contributed by atoms with van der Waals surface area (Å²) < 4.78 is 8.22. The maximum Gasteiger partial charge on any atom is 0.135 e. The van der Waals surface area contributed by atoms with E-state index in [-0.39, 0.29) is 6.10 Å². The highest BCUT2D eigenvalue weighted by molar-refractivity contribution is 5.59. The maximum absolute atomic E-state index is 5.92. The molecule has 0 fully saturated rings. The fraction of sp³-hybridized carbons (Fsp3) is 0.500. The number of aromatic nitrogens is 2. The average molecular weight is 299 g/mol. The summed E-state index contributed by atoms with van der Waals surface area (Å²) in [4.78, 5) is 4.50. The van der Waals surface area contributed by atoms with Gasteiger partial charge in [-0.25, -0.2) is 4.98 Å². The summed E-state index contributed by atoms with van der Waals surface area (Å²) in [6, 6.07) is 10.4. The molecule has 0 aliphatic carbocycles. The van der Waals surface area contributed by atoms with E-state index >= 15 is 0 Å². The molecule has 0 amide bonds. The number of imidazole rings is 1. The van der Waals surface area contributed by atoms with Crippen LogP contribution in [0.2, 0.25) is 0 Å². The molecule has 0 unspecified atom stereocenters. The van der Waals surface area contributed by atoms with Crippen molar-refractivity contribution < 1.29 is 4.74 Å². The fourth-order valence-electron chi connectivity index (χ4n) is 2.75. The molecular weight excluding hydrogens is 274 g/mol. The molecule has 2 heterocycles. The lowest BCUT2D eigenvalue weighted by Gasteiger charge is -2.27. The normalized spacial score (nSPS) is 18.2. The van der Waals surface area contributed by atoms with Gasteiger partial charge in [0.15, 0.2) is 0 Å². The molecular formula is C18H25N3O. The first kappa shape index (κ1) is 15.3. The van der Waals surface area contributed by atoms with Crippen molar-refractivity contribution in [2.24, 2.45) is 5.41 Å².